The first kappa shape index (κ1) is 34.8. The van der Waals surface area contributed by atoms with E-state index in [-0.39, 0.29) is 5.41 Å². The molecule has 0 radical (unpaired) electrons. The van der Waals surface area contributed by atoms with Gasteiger partial charge in [0.15, 0.2) is 0 Å². The van der Waals surface area contributed by atoms with E-state index in [1.165, 1.54) is 114 Å². The average molecular weight is 797 g/mol. The SMILES string of the molecule is CC1(C)c2ccccc2-c2cc3oc4ccc(-c5c6ccccc6c(-c6ccc(C7=c8c(sc9ccccc89)=CCC7)cc6)c6ccc(-c7ccccc7)cc56)cc4c3cc21. The zero-order valence-electron chi connectivity index (χ0n) is 34.1. The molecule has 0 bridgehead atoms. The maximum atomic E-state index is 6.67. The molecule has 0 aliphatic heterocycles. The molecular formula is C59H40OS. The summed E-state index contributed by atoms with van der Waals surface area (Å²) in [6, 6.07) is 65.6. The lowest BCUT2D eigenvalue weighted by molar-refractivity contribution is 0.658. The maximum Gasteiger partial charge on any atom is 0.136 e. The minimum atomic E-state index is -0.0927. The second-order valence-electron chi connectivity index (χ2n) is 17.4. The third-order valence-corrected chi connectivity index (χ3v) is 14.9. The van der Waals surface area contributed by atoms with Crippen LogP contribution in [0.1, 0.15) is 43.4 Å². The Bertz CT molecular complexity index is 3770. The van der Waals surface area contributed by atoms with Crippen molar-refractivity contribution in [3.63, 3.8) is 0 Å². The Hall–Kier alpha value is -7.00. The number of rotatable bonds is 4. The van der Waals surface area contributed by atoms with Gasteiger partial charge in [-0.3, -0.25) is 0 Å². The largest absolute Gasteiger partial charge is 0.456 e. The molecule has 0 saturated carbocycles. The van der Waals surface area contributed by atoms with E-state index < -0.39 is 0 Å². The zero-order chi connectivity index (χ0) is 40.4. The van der Waals surface area contributed by atoms with Crippen LogP contribution in [-0.2, 0) is 5.41 Å². The smallest absolute Gasteiger partial charge is 0.136 e. The summed E-state index contributed by atoms with van der Waals surface area (Å²) in [6.45, 7) is 4.70. The molecule has 2 heteroatoms. The molecule has 2 aromatic heterocycles. The average Bonchev–Trinajstić information content (AvgIpc) is 3.94. The second-order valence-corrected chi connectivity index (χ2v) is 18.5. The van der Waals surface area contributed by atoms with Crippen molar-refractivity contribution in [1.82, 2.24) is 0 Å². The van der Waals surface area contributed by atoms with E-state index in [0.29, 0.717) is 0 Å². The van der Waals surface area contributed by atoms with Crippen LogP contribution in [0.3, 0.4) is 0 Å². The van der Waals surface area contributed by atoms with Crippen molar-refractivity contribution < 1.29 is 4.42 Å². The highest BCUT2D eigenvalue weighted by molar-refractivity contribution is 7.17. The summed E-state index contributed by atoms with van der Waals surface area (Å²) in [5.41, 5.74) is 17.2. The molecule has 0 unspecified atom stereocenters. The number of hydrogen-bond donors (Lipinski definition) is 0. The number of fused-ring (bicyclic) bond motifs is 11. The van der Waals surface area contributed by atoms with Gasteiger partial charge in [0.2, 0.25) is 0 Å². The van der Waals surface area contributed by atoms with Gasteiger partial charge < -0.3 is 4.42 Å². The molecule has 0 saturated heterocycles. The summed E-state index contributed by atoms with van der Waals surface area (Å²) < 4.78 is 9.44. The van der Waals surface area contributed by atoms with Crippen molar-refractivity contribution in [2.24, 2.45) is 0 Å². The van der Waals surface area contributed by atoms with Gasteiger partial charge >= 0.3 is 0 Å². The molecule has 0 amide bonds. The number of hydrogen-bond acceptors (Lipinski definition) is 2. The van der Waals surface area contributed by atoms with Crippen LogP contribution in [-0.4, -0.2) is 0 Å². The summed E-state index contributed by atoms with van der Waals surface area (Å²) in [4.78, 5) is 0. The number of thiophene rings is 1. The Kier molecular flexibility index (Phi) is 7.42. The minimum Gasteiger partial charge on any atom is -0.456 e. The normalized spacial score (nSPS) is 14.2. The van der Waals surface area contributed by atoms with Gasteiger partial charge in [0, 0.05) is 36.0 Å². The van der Waals surface area contributed by atoms with E-state index in [0.717, 1.165) is 29.4 Å². The first-order chi connectivity index (χ1) is 30.0. The summed E-state index contributed by atoms with van der Waals surface area (Å²) in [5, 5.41) is 10.1. The Balaban J connectivity index is 1.04. The van der Waals surface area contributed by atoms with Gasteiger partial charge in [0.05, 0.1) is 0 Å². The number of furan rings is 1. The van der Waals surface area contributed by atoms with Crippen LogP contribution >= 0.6 is 11.3 Å². The van der Waals surface area contributed by atoms with Crippen LogP contribution in [0.15, 0.2) is 180 Å². The van der Waals surface area contributed by atoms with Crippen molar-refractivity contribution in [1.29, 1.82) is 0 Å². The van der Waals surface area contributed by atoms with Gasteiger partial charge in [-0.15, -0.1) is 11.3 Å². The molecule has 288 valence electrons. The quantitative estimate of drug-likeness (QED) is 0.162. The standard InChI is InChI=1S/C59H40OS/c1-59(2)50-20-10-8-15-41(50)46-34-53-48(33-51(46)59)47-32-39(28-30-52(47)60-53)57-43-17-7-6-16-42(43)56(44-29-27-38(31-49(44)57)35-13-4-3-5-14-35)37-25-23-36(24-26-37)40-19-12-22-55-58(40)45-18-9-11-21-54(45)61-55/h3-11,13-18,20-34H,12,19H2,1-2H3. The van der Waals surface area contributed by atoms with Crippen molar-refractivity contribution in [3.05, 3.63) is 202 Å². The predicted molar refractivity (Wildman–Crippen MR) is 260 cm³/mol. The van der Waals surface area contributed by atoms with Crippen LogP contribution in [0.4, 0.5) is 0 Å². The third kappa shape index (κ3) is 5.13. The Labute approximate surface area is 358 Å². The zero-order valence-corrected chi connectivity index (χ0v) is 34.9. The molecular weight excluding hydrogens is 757 g/mol. The fourth-order valence-electron chi connectivity index (χ4n) is 10.9. The Morgan fingerprint density at radius 3 is 1.92 bits per heavy atom. The van der Waals surface area contributed by atoms with E-state index in [2.05, 4.69) is 196 Å². The Morgan fingerprint density at radius 1 is 0.443 bits per heavy atom. The highest BCUT2D eigenvalue weighted by Gasteiger charge is 2.36. The third-order valence-electron chi connectivity index (χ3n) is 13.8. The van der Waals surface area contributed by atoms with Gasteiger partial charge in [-0.05, 0) is 138 Å². The second kappa shape index (κ2) is 13.0. The highest BCUT2D eigenvalue weighted by atomic mass is 32.1. The minimum absolute atomic E-state index is 0.0927. The molecule has 0 atom stereocenters. The van der Waals surface area contributed by atoms with E-state index in [1.54, 1.807) is 0 Å². The Morgan fingerprint density at radius 2 is 1.08 bits per heavy atom. The fraction of sp³-hybridized carbons (Fsp3) is 0.0847. The van der Waals surface area contributed by atoms with Gasteiger partial charge in [-0.1, -0.05) is 159 Å². The van der Waals surface area contributed by atoms with Crippen LogP contribution in [0.25, 0.3) is 110 Å². The molecule has 2 aliphatic carbocycles. The first-order valence-corrected chi connectivity index (χ1v) is 22.3. The van der Waals surface area contributed by atoms with Gasteiger partial charge in [0.1, 0.15) is 11.2 Å². The fourth-order valence-corrected chi connectivity index (χ4v) is 12.1. The van der Waals surface area contributed by atoms with Crippen molar-refractivity contribution >= 4 is 76.6 Å². The van der Waals surface area contributed by atoms with E-state index in [4.69, 9.17) is 4.42 Å². The van der Waals surface area contributed by atoms with Gasteiger partial charge in [0.25, 0.3) is 0 Å². The molecule has 13 rings (SSSR count). The van der Waals surface area contributed by atoms with Gasteiger partial charge in [-0.25, -0.2) is 0 Å². The first-order valence-electron chi connectivity index (χ1n) is 21.5. The molecule has 1 nitrogen and oxygen atoms in total. The summed E-state index contributed by atoms with van der Waals surface area (Å²) in [5.74, 6) is 0. The summed E-state index contributed by atoms with van der Waals surface area (Å²) in [7, 11) is 0. The monoisotopic (exact) mass is 796 g/mol. The van der Waals surface area contributed by atoms with Crippen molar-refractivity contribution in [2.45, 2.75) is 32.1 Å². The van der Waals surface area contributed by atoms with Crippen LogP contribution in [0, 0.1) is 0 Å². The summed E-state index contributed by atoms with van der Waals surface area (Å²) in [6.07, 6.45) is 4.56. The lowest BCUT2D eigenvalue weighted by atomic mass is 9.82. The van der Waals surface area contributed by atoms with Crippen molar-refractivity contribution in [2.75, 3.05) is 0 Å². The van der Waals surface area contributed by atoms with E-state index in [9.17, 15) is 0 Å². The molecule has 0 fully saturated rings. The highest BCUT2D eigenvalue weighted by Crippen LogP contribution is 2.51. The molecule has 2 heterocycles. The molecule has 61 heavy (non-hydrogen) atoms. The van der Waals surface area contributed by atoms with Crippen molar-refractivity contribution in [3.8, 4) is 44.5 Å². The molecule has 0 spiro atoms. The van der Waals surface area contributed by atoms with E-state index in [1.807, 2.05) is 11.3 Å². The molecule has 9 aromatic carbocycles. The lowest BCUT2D eigenvalue weighted by Crippen LogP contribution is -2.25. The number of benzene rings is 9. The maximum absolute atomic E-state index is 6.67. The van der Waals surface area contributed by atoms with Crippen LogP contribution in [0.2, 0.25) is 0 Å². The topological polar surface area (TPSA) is 13.1 Å². The summed E-state index contributed by atoms with van der Waals surface area (Å²) >= 11 is 1.92. The molecule has 11 aromatic rings. The molecule has 0 N–H and O–H groups in total. The van der Waals surface area contributed by atoms with Crippen LogP contribution < -0.4 is 9.75 Å². The lowest BCUT2D eigenvalue weighted by Gasteiger charge is -2.21. The molecule has 2 aliphatic rings. The predicted octanol–water partition coefficient (Wildman–Crippen LogP) is 15.2. The van der Waals surface area contributed by atoms with Crippen LogP contribution in [0.5, 0.6) is 0 Å². The van der Waals surface area contributed by atoms with E-state index >= 15 is 0 Å². The van der Waals surface area contributed by atoms with Gasteiger partial charge in [-0.2, -0.15) is 0 Å².